The number of halogens is 2. The van der Waals surface area contributed by atoms with Crippen LogP contribution in [0.15, 0.2) is 42.5 Å². The second kappa shape index (κ2) is 8.09. The lowest BCUT2D eigenvalue weighted by molar-refractivity contribution is -0.137. The van der Waals surface area contributed by atoms with Gasteiger partial charge in [-0.15, -0.1) is 0 Å². The molecule has 148 valence electrons. The summed E-state index contributed by atoms with van der Waals surface area (Å²) in [4.78, 5) is 26.6. The van der Waals surface area contributed by atoms with E-state index in [1.807, 2.05) is 31.2 Å². The Bertz CT molecular complexity index is 889. The Morgan fingerprint density at radius 2 is 1.75 bits per heavy atom. The summed E-state index contributed by atoms with van der Waals surface area (Å²) in [5, 5.41) is 0. The van der Waals surface area contributed by atoms with Gasteiger partial charge < -0.3 is 9.64 Å². The van der Waals surface area contributed by atoms with E-state index in [-0.39, 0.29) is 24.0 Å². The average Bonchev–Trinajstić information content (AvgIpc) is 2.69. The van der Waals surface area contributed by atoms with E-state index >= 15 is 0 Å². The van der Waals surface area contributed by atoms with Crippen molar-refractivity contribution in [2.45, 2.75) is 32.1 Å². The Morgan fingerprint density at radius 3 is 2.39 bits per heavy atom. The normalized spacial score (nSPS) is 15.9. The number of piperidine rings is 1. The number of amides is 1. The van der Waals surface area contributed by atoms with Crippen LogP contribution in [0.5, 0.6) is 5.75 Å². The maximum absolute atomic E-state index is 13.6. The highest BCUT2D eigenvalue weighted by Gasteiger charge is 2.42. The van der Waals surface area contributed by atoms with Crippen LogP contribution in [0, 0.1) is 18.6 Å². The minimum Gasteiger partial charge on any atom is -0.481 e. The molecule has 1 heterocycles. The smallest absolute Gasteiger partial charge is 0.260 e. The fourth-order valence-electron chi connectivity index (χ4n) is 3.88. The first-order chi connectivity index (χ1) is 13.3. The second-order valence-electron chi connectivity index (χ2n) is 7.17. The van der Waals surface area contributed by atoms with Gasteiger partial charge in [0.15, 0.2) is 18.2 Å². The number of Topliss-reactive ketones (excluding diaryl/α,β-unsaturated/α-hetero) is 1. The minimum absolute atomic E-state index is 0.0898. The van der Waals surface area contributed by atoms with E-state index in [1.165, 1.54) is 12.1 Å². The molecule has 0 aromatic heterocycles. The van der Waals surface area contributed by atoms with Gasteiger partial charge in [-0.25, -0.2) is 4.39 Å². The van der Waals surface area contributed by atoms with Gasteiger partial charge in [-0.2, -0.15) is 4.39 Å². The largest absolute Gasteiger partial charge is 0.481 e. The number of hydrogen-bond donors (Lipinski definition) is 0. The number of aryl methyl sites for hydroxylation is 1. The van der Waals surface area contributed by atoms with E-state index in [9.17, 15) is 18.4 Å². The molecule has 0 saturated carbocycles. The van der Waals surface area contributed by atoms with E-state index < -0.39 is 17.0 Å². The number of likely N-dealkylation sites (tertiary alicyclic amines) is 1. The highest BCUT2D eigenvalue weighted by atomic mass is 19.2. The molecule has 0 bridgehead atoms. The maximum atomic E-state index is 13.6. The monoisotopic (exact) mass is 387 g/mol. The van der Waals surface area contributed by atoms with Crippen LogP contribution in [0.2, 0.25) is 0 Å². The molecule has 0 spiro atoms. The minimum atomic E-state index is -1.11. The zero-order valence-electron chi connectivity index (χ0n) is 16.0. The molecule has 28 heavy (non-hydrogen) atoms. The van der Waals surface area contributed by atoms with Gasteiger partial charge in [0.1, 0.15) is 5.78 Å². The van der Waals surface area contributed by atoms with Crippen molar-refractivity contribution in [3.05, 3.63) is 65.2 Å². The first kappa shape index (κ1) is 20.0. The fourth-order valence-corrected chi connectivity index (χ4v) is 3.88. The molecular formula is C22H23F2NO3. The van der Waals surface area contributed by atoms with Crippen molar-refractivity contribution in [2.24, 2.45) is 0 Å². The number of benzene rings is 2. The van der Waals surface area contributed by atoms with Crippen LogP contribution in [0.4, 0.5) is 8.78 Å². The Balaban J connectivity index is 1.67. The Hall–Kier alpha value is -2.76. The van der Waals surface area contributed by atoms with Crippen LogP contribution in [0.25, 0.3) is 0 Å². The zero-order valence-corrected chi connectivity index (χ0v) is 16.0. The van der Waals surface area contributed by atoms with E-state index in [2.05, 4.69) is 0 Å². The number of nitrogens with zero attached hydrogens (tertiary/aromatic N) is 1. The van der Waals surface area contributed by atoms with Crippen molar-refractivity contribution in [3.63, 3.8) is 0 Å². The first-order valence-corrected chi connectivity index (χ1v) is 9.27. The van der Waals surface area contributed by atoms with Crippen molar-refractivity contribution in [2.75, 3.05) is 19.7 Å². The third-order valence-corrected chi connectivity index (χ3v) is 5.57. The zero-order chi connectivity index (χ0) is 20.3. The number of ketones is 1. The Morgan fingerprint density at radius 1 is 1.07 bits per heavy atom. The third-order valence-electron chi connectivity index (χ3n) is 5.57. The number of hydrogen-bond acceptors (Lipinski definition) is 3. The second-order valence-corrected chi connectivity index (χ2v) is 7.17. The van der Waals surface area contributed by atoms with Crippen molar-refractivity contribution >= 4 is 11.7 Å². The summed E-state index contributed by atoms with van der Waals surface area (Å²) in [6.07, 6.45) is 1.04. The lowest BCUT2D eigenvalue weighted by Gasteiger charge is -2.41. The van der Waals surface area contributed by atoms with Crippen molar-refractivity contribution in [1.29, 1.82) is 0 Å². The van der Waals surface area contributed by atoms with Crippen LogP contribution < -0.4 is 4.74 Å². The van der Waals surface area contributed by atoms with E-state index in [4.69, 9.17) is 4.74 Å². The third kappa shape index (κ3) is 3.77. The SMILES string of the molecule is CC(=O)C1(c2ccccc2C)CCN(C(=O)COc2cccc(F)c2F)CC1. The Kier molecular flexibility index (Phi) is 5.77. The lowest BCUT2D eigenvalue weighted by atomic mass is 9.69. The number of carbonyl (C=O) groups is 2. The molecule has 6 heteroatoms. The summed E-state index contributed by atoms with van der Waals surface area (Å²) in [6, 6.07) is 11.4. The predicted molar refractivity (Wildman–Crippen MR) is 101 cm³/mol. The molecule has 0 N–H and O–H groups in total. The molecule has 1 aliphatic rings. The summed E-state index contributed by atoms with van der Waals surface area (Å²) in [7, 11) is 0. The molecular weight excluding hydrogens is 364 g/mol. The first-order valence-electron chi connectivity index (χ1n) is 9.27. The summed E-state index contributed by atoms with van der Waals surface area (Å²) in [5.41, 5.74) is 1.47. The average molecular weight is 387 g/mol. The predicted octanol–water partition coefficient (Wildman–Crippen LogP) is 3.80. The highest BCUT2D eigenvalue weighted by Crippen LogP contribution is 2.38. The van der Waals surface area contributed by atoms with E-state index in [1.54, 1.807) is 11.8 Å². The molecule has 0 unspecified atom stereocenters. The molecule has 3 rings (SSSR count). The van der Waals surface area contributed by atoms with Gasteiger partial charge in [-0.1, -0.05) is 30.3 Å². The fraction of sp³-hybridized carbons (Fsp3) is 0.364. The van der Waals surface area contributed by atoms with Gasteiger partial charge in [0.05, 0.1) is 5.41 Å². The number of rotatable bonds is 5. The summed E-state index contributed by atoms with van der Waals surface area (Å²) >= 11 is 0. The topological polar surface area (TPSA) is 46.6 Å². The number of carbonyl (C=O) groups excluding carboxylic acids is 2. The van der Waals surface area contributed by atoms with Gasteiger partial charge in [0.25, 0.3) is 5.91 Å². The maximum Gasteiger partial charge on any atom is 0.260 e. The molecule has 0 radical (unpaired) electrons. The lowest BCUT2D eigenvalue weighted by Crippen LogP contribution is -2.49. The molecule has 0 atom stereocenters. The molecule has 1 amide bonds. The van der Waals surface area contributed by atoms with Crippen LogP contribution in [0.1, 0.15) is 30.9 Å². The molecule has 1 saturated heterocycles. The molecule has 4 nitrogen and oxygen atoms in total. The summed E-state index contributed by atoms with van der Waals surface area (Å²) in [5.74, 6) is -2.64. The van der Waals surface area contributed by atoms with Crippen molar-refractivity contribution in [3.8, 4) is 5.75 Å². The molecule has 0 aliphatic carbocycles. The van der Waals surface area contributed by atoms with Gasteiger partial charge in [-0.3, -0.25) is 9.59 Å². The van der Waals surface area contributed by atoms with Crippen LogP contribution in [-0.2, 0) is 15.0 Å². The molecule has 2 aromatic rings. The van der Waals surface area contributed by atoms with E-state index in [0.717, 1.165) is 17.2 Å². The van der Waals surface area contributed by atoms with Gasteiger partial charge in [0, 0.05) is 13.1 Å². The highest BCUT2D eigenvalue weighted by molar-refractivity contribution is 5.89. The van der Waals surface area contributed by atoms with Gasteiger partial charge in [0.2, 0.25) is 5.82 Å². The van der Waals surface area contributed by atoms with E-state index in [0.29, 0.717) is 25.9 Å². The van der Waals surface area contributed by atoms with Crippen LogP contribution in [-0.4, -0.2) is 36.3 Å². The summed E-state index contributed by atoms with van der Waals surface area (Å²) in [6.45, 7) is 4.01. The van der Waals surface area contributed by atoms with Crippen molar-refractivity contribution in [1.82, 2.24) is 4.90 Å². The van der Waals surface area contributed by atoms with Crippen LogP contribution >= 0.6 is 0 Å². The van der Waals surface area contributed by atoms with Crippen LogP contribution in [0.3, 0.4) is 0 Å². The molecule has 1 aliphatic heterocycles. The molecule has 1 fully saturated rings. The van der Waals surface area contributed by atoms with Crippen molar-refractivity contribution < 1.29 is 23.1 Å². The summed E-state index contributed by atoms with van der Waals surface area (Å²) < 4.78 is 32.0. The standard InChI is InChI=1S/C22H23F2NO3/c1-15-6-3-4-7-17(15)22(16(2)26)10-12-25(13-11-22)20(27)14-28-19-9-5-8-18(23)21(19)24/h3-9H,10-14H2,1-2H3. The quantitative estimate of drug-likeness (QED) is 0.784. The molecule has 2 aromatic carbocycles. The number of ether oxygens (including phenoxy) is 1. The van der Waals surface area contributed by atoms with Gasteiger partial charge in [-0.05, 0) is 49.9 Å². The van der Waals surface area contributed by atoms with Gasteiger partial charge >= 0.3 is 0 Å². The Labute approximate surface area is 163 Å².